The van der Waals surface area contributed by atoms with E-state index in [1.807, 2.05) is 0 Å². The molecular weight excluding hydrogens is 278 g/mol. The third kappa shape index (κ3) is 2.91. The van der Waals surface area contributed by atoms with E-state index in [-0.39, 0.29) is 0 Å². The molecule has 0 radical (unpaired) electrons. The predicted octanol–water partition coefficient (Wildman–Crippen LogP) is 2.97. The smallest absolute Gasteiger partial charge is 0.0767 e. The fourth-order valence-corrected chi connectivity index (χ4v) is 2.95. The fourth-order valence-electron chi connectivity index (χ4n) is 2.25. The summed E-state index contributed by atoms with van der Waals surface area (Å²) in [6.45, 7) is 9.62. The zero-order valence-corrected chi connectivity index (χ0v) is 12.5. The normalized spacial score (nSPS) is 23.1. The standard InChI is InChI=1S/C13H22BrN3/c1-4-11-13(14)12(17(5-2)16-11)8-15-7-10-6-9(10)3/h9-10,15H,4-8H2,1-3H3. The molecule has 0 aromatic carbocycles. The lowest BCUT2D eigenvalue weighted by Crippen LogP contribution is -2.19. The highest BCUT2D eigenvalue weighted by atomic mass is 79.9. The van der Waals surface area contributed by atoms with Crippen LogP contribution in [0.5, 0.6) is 0 Å². The van der Waals surface area contributed by atoms with Gasteiger partial charge in [-0.15, -0.1) is 0 Å². The Morgan fingerprint density at radius 1 is 1.47 bits per heavy atom. The van der Waals surface area contributed by atoms with Crippen LogP contribution in [0.1, 0.15) is 38.6 Å². The van der Waals surface area contributed by atoms with Crippen molar-refractivity contribution in [2.45, 2.75) is 46.7 Å². The first-order valence-electron chi connectivity index (χ1n) is 6.62. The van der Waals surface area contributed by atoms with Crippen LogP contribution in [0.2, 0.25) is 0 Å². The van der Waals surface area contributed by atoms with E-state index in [0.29, 0.717) is 0 Å². The van der Waals surface area contributed by atoms with Crippen molar-refractivity contribution < 1.29 is 0 Å². The Bertz CT molecular complexity index is 386. The highest BCUT2D eigenvalue weighted by Gasteiger charge is 2.31. The highest BCUT2D eigenvalue weighted by molar-refractivity contribution is 9.10. The number of aromatic nitrogens is 2. The molecule has 1 heterocycles. The summed E-state index contributed by atoms with van der Waals surface area (Å²) in [5.41, 5.74) is 2.46. The molecule has 1 saturated carbocycles. The van der Waals surface area contributed by atoms with Crippen molar-refractivity contribution in [3.63, 3.8) is 0 Å². The third-order valence-corrected chi connectivity index (χ3v) is 4.58. The van der Waals surface area contributed by atoms with Crippen LogP contribution < -0.4 is 5.32 Å². The lowest BCUT2D eigenvalue weighted by molar-refractivity contribution is 0.556. The van der Waals surface area contributed by atoms with Crippen LogP contribution in [0.15, 0.2) is 4.47 Å². The van der Waals surface area contributed by atoms with Gasteiger partial charge >= 0.3 is 0 Å². The topological polar surface area (TPSA) is 29.9 Å². The summed E-state index contributed by atoms with van der Waals surface area (Å²) in [7, 11) is 0. The van der Waals surface area contributed by atoms with E-state index < -0.39 is 0 Å². The molecule has 2 rings (SSSR count). The summed E-state index contributed by atoms with van der Waals surface area (Å²) < 4.78 is 3.30. The minimum atomic E-state index is 0.900. The summed E-state index contributed by atoms with van der Waals surface area (Å²) in [6, 6.07) is 0. The summed E-state index contributed by atoms with van der Waals surface area (Å²) in [5.74, 6) is 1.82. The Morgan fingerprint density at radius 2 is 2.18 bits per heavy atom. The minimum absolute atomic E-state index is 0.900. The molecule has 2 atom stereocenters. The maximum atomic E-state index is 4.60. The molecule has 1 fully saturated rings. The van der Waals surface area contributed by atoms with E-state index in [1.165, 1.54) is 22.3 Å². The summed E-state index contributed by atoms with van der Waals surface area (Å²) in [6.07, 6.45) is 2.38. The molecule has 3 nitrogen and oxygen atoms in total. The lowest BCUT2D eigenvalue weighted by Gasteiger charge is -2.07. The molecule has 1 aromatic heterocycles. The van der Waals surface area contributed by atoms with Crippen LogP contribution in [0.4, 0.5) is 0 Å². The predicted molar refractivity (Wildman–Crippen MR) is 74.0 cm³/mol. The average molecular weight is 300 g/mol. The minimum Gasteiger partial charge on any atom is -0.311 e. The van der Waals surface area contributed by atoms with Gasteiger partial charge in [0.15, 0.2) is 0 Å². The zero-order valence-electron chi connectivity index (χ0n) is 11.0. The van der Waals surface area contributed by atoms with E-state index in [9.17, 15) is 0 Å². The number of hydrogen-bond acceptors (Lipinski definition) is 2. The van der Waals surface area contributed by atoms with Crippen molar-refractivity contribution in [2.24, 2.45) is 11.8 Å². The quantitative estimate of drug-likeness (QED) is 0.875. The number of halogens is 1. The van der Waals surface area contributed by atoms with E-state index in [2.05, 4.69) is 51.8 Å². The van der Waals surface area contributed by atoms with Crippen molar-refractivity contribution >= 4 is 15.9 Å². The largest absolute Gasteiger partial charge is 0.311 e. The molecule has 0 saturated heterocycles. The van der Waals surface area contributed by atoms with Crippen LogP contribution in [-0.2, 0) is 19.5 Å². The van der Waals surface area contributed by atoms with Gasteiger partial charge in [-0.1, -0.05) is 13.8 Å². The number of nitrogens with zero attached hydrogens (tertiary/aromatic N) is 2. The first kappa shape index (κ1) is 13.1. The van der Waals surface area contributed by atoms with Crippen LogP contribution in [0, 0.1) is 11.8 Å². The Kier molecular flexibility index (Phi) is 4.26. The van der Waals surface area contributed by atoms with Crippen LogP contribution in [-0.4, -0.2) is 16.3 Å². The molecule has 17 heavy (non-hydrogen) atoms. The molecule has 0 bridgehead atoms. The monoisotopic (exact) mass is 299 g/mol. The van der Waals surface area contributed by atoms with Crippen molar-refractivity contribution in [1.29, 1.82) is 0 Å². The second-order valence-corrected chi connectivity index (χ2v) is 5.77. The zero-order chi connectivity index (χ0) is 12.4. The Labute approximate surface area is 112 Å². The van der Waals surface area contributed by atoms with Gasteiger partial charge in [0.25, 0.3) is 0 Å². The number of nitrogens with one attached hydrogen (secondary N) is 1. The van der Waals surface area contributed by atoms with Gasteiger partial charge in [0.05, 0.1) is 15.9 Å². The molecule has 0 spiro atoms. The molecule has 0 amide bonds. The van der Waals surface area contributed by atoms with E-state index in [0.717, 1.165) is 37.9 Å². The van der Waals surface area contributed by atoms with Gasteiger partial charge in [-0.25, -0.2) is 0 Å². The van der Waals surface area contributed by atoms with Gasteiger partial charge < -0.3 is 5.32 Å². The van der Waals surface area contributed by atoms with Crippen LogP contribution >= 0.6 is 15.9 Å². The average Bonchev–Trinajstić information content (AvgIpc) is 2.93. The van der Waals surface area contributed by atoms with Crippen LogP contribution in [0.25, 0.3) is 0 Å². The second kappa shape index (κ2) is 5.53. The first-order chi connectivity index (χ1) is 8.17. The number of hydrogen-bond donors (Lipinski definition) is 1. The maximum Gasteiger partial charge on any atom is 0.0767 e. The van der Waals surface area contributed by atoms with E-state index in [4.69, 9.17) is 0 Å². The van der Waals surface area contributed by atoms with Crippen molar-refractivity contribution in [1.82, 2.24) is 15.1 Å². The molecule has 1 aliphatic carbocycles. The Morgan fingerprint density at radius 3 is 2.71 bits per heavy atom. The molecule has 96 valence electrons. The highest BCUT2D eigenvalue weighted by Crippen LogP contribution is 2.36. The molecule has 1 aliphatic rings. The maximum absolute atomic E-state index is 4.60. The van der Waals surface area contributed by atoms with Gasteiger partial charge in [-0.05, 0) is 54.1 Å². The van der Waals surface area contributed by atoms with E-state index >= 15 is 0 Å². The van der Waals surface area contributed by atoms with E-state index in [1.54, 1.807) is 0 Å². The van der Waals surface area contributed by atoms with Crippen molar-refractivity contribution in [2.75, 3.05) is 6.54 Å². The Hall–Kier alpha value is -0.350. The fraction of sp³-hybridized carbons (Fsp3) is 0.769. The Balaban J connectivity index is 1.95. The van der Waals surface area contributed by atoms with Gasteiger partial charge in [0.2, 0.25) is 0 Å². The summed E-state index contributed by atoms with van der Waals surface area (Å²) in [4.78, 5) is 0. The van der Waals surface area contributed by atoms with Gasteiger partial charge in [0, 0.05) is 13.1 Å². The molecule has 1 aromatic rings. The number of aryl methyl sites for hydroxylation is 2. The molecular formula is C13H22BrN3. The van der Waals surface area contributed by atoms with Gasteiger partial charge in [-0.3, -0.25) is 4.68 Å². The SMILES string of the molecule is CCc1nn(CC)c(CNCC2CC2C)c1Br. The summed E-state index contributed by atoms with van der Waals surface area (Å²) in [5, 5.41) is 8.16. The first-order valence-corrected chi connectivity index (χ1v) is 7.41. The number of rotatable bonds is 6. The van der Waals surface area contributed by atoms with Crippen LogP contribution in [0.3, 0.4) is 0 Å². The second-order valence-electron chi connectivity index (χ2n) is 4.98. The summed E-state index contributed by atoms with van der Waals surface area (Å²) >= 11 is 3.67. The lowest BCUT2D eigenvalue weighted by atomic mass is 10.3. The molecule has 4 heteroatoms. The molecule has 2 unspecified atom stereocenters. The molecule has 0 aliphatic heterocycles. The van der Waals surface area contributed by atoms with Crippen molar-refractivity contribution in [3.05, 3.63) is 15.9 Å². The van der Waals surface area contributed by atoms with Gasteiger partial charge in [-0.2, -0.15) is 5.10 Å². The molecule has 1 N–H and O–H groups in total. The third-order valence-electron chi connectivity index (χ3n) is 3.67. The van der Waals surface area contributed by atoms with Gasteiger partial charge in [0.1, 0.15) is 0 Å². The van der Waals surface area contributed by atoms with Crippen molar-refractivity contribution in [3.8, 4) is 0 Å².